The molecule has 0 unspecified atom stereocenters. The second-order valence-corrected chi connectivity index (χ2v) is 7.92. The highest BCUT2D eigenvalue weighted by molar-refractivity contribution is 8.02. The Bertz CT molecular complexity index is 84.1. The lowest BCUT2D eigenvalue weighted by Gasteiger charge is -2.05. The van der Waals surface area contributed by atoms with E-state index >= 15 is 0 Å². The van der Waals surface area contributed by atoms with Gasteiger partial charge in [0.1, 0.15) is 0 Å². The minimum absolute atomic E-state index is 1.38. The molecule has 1 aliphatic rings. The lowest BCUT2D eigenvalue weighted by atomic mass is 10.1. The van der Waals surface area contributed by atoms with Crippen molar-refractivity contribution in [2.75, 3.05) is 23.0 Å². The van der Waals surface area contributed by atoms with Crippen LogP contribution in [0.1, 0.15) is 77.0 Å². The summed E-state index contributed by atoms with van der Waals surface area (Å²) in [5, 5.41) is 0. The lowest BCUT2D eigenvalue weighted by Crippen LogP contribution is -1.91. The van der Waals surface area contributed by atoms with E-state index in [2.05, 4.69) is 23.5 Å². The molecule has 0 aromatic rings. The number of thioether (sulfide) groups is 2. The van der Waals surface area contributed by atoms with Crippen LogP contribution in [0.3, 0.4) is 0 Å². The summed E-state index contributed by atoms with van der Waals surface area (Å²) in [6, 6.07) is 0. The van der Waals surface area contributed by atoms with Gasteiger partial charge >= 0.3 is 0 Å². The summed E-state index contributed by atoms with van der Waals surface area (Å²) in [6.45, 7) is 0. The summed E-state index contributed by atoms with van der Waals surface area (Å²) in [7, 11) is 0. The zero-order valence-corrected chi connectivity index (χ0v) is 13.8. The first-order valence-corrected chi connectivity index (χ1v) is 10.5. The van der Waals surface area contributed by atoms with E-state index in [1.54, 1.807) is 0 Å². The van der Waals surface area contributed by atoms with E-state index in [0.717, 1.165) is 0 Å². The van der Waals surface area contributed by atoms with Gasteiger partial charge < -0.3 is 0 Å². The van der Waals surface area contributed by atoms with Crippen LogP contribution in [0.25, 0.3) is 0 Å². The van der Waals surface area contributed by atoms with E-state index in [-0.39, 0.29) is 0 Å². The third kappa shape index (κ3) is 11.8. The highest BCUT2D eigenvalue weighted by Crippen LogP contribution is 2.16. The van der Waals surface area contributed by atoms with E-state index in [4.69, 9.17) is 0 Å². The summed E-state index contributed by atoms with van der Waals surface area (Å²) < 4.78 is 0. The monoisotopic (exact) mass is 288 g/mol. The van der Waals surface area contributed by atoms with Gasteiger partial charge in [0.2, 0.25) is 0 Å². The molecule has 0 aromatic carbocycles. The Hall–Kier alpha value is 0.700. The molecule has 0 nitrogen and oxygen atoms in total. The Kier molecular flexibility index (Phi) is 13.1. The van der Waals surface area contributed by atoms with E-state index in [1.165, 1.54) is 100 Å². The van der Waals surface area contributed by atoms with E-state index < -0.39 is 0 Å². The van der Waals surface area contributed by atoms with Gasteiger partial charge in [-0.25, -0.2) is 0 Å². The maximum Gasteiger partial charge on any atom is 0.00235 e. The summed E-state index contributed by atoms with van der Waals surface area (Å²) in [5.41, 5.74) is 0. The van der Waals surface area contributed by atoms with Gasteiger partial charge in [0.15, 0.2) is 0 Å². The Morgan fingerprint density at radius 2 is 0.556 bits per heavy atom. The molecule has 0 radical (unpaired) electrons. The molecule has 0 N–H and O–H groups in total. The first-order valence-electron chi connectivity index (χ1n) is 8.15. The van der Waals surface area contributed by atoms with Crippen molar-refractivity contribution >= 4 is 23.5 Å². The molecule has 1 aliphatic heterocycles. The zero-order chi connectivity index (χ0) is 12.7. The molecule has 108 valence electrons. The molecule has 0 aromatic heterocycles. The maximum absolute atomic E-state index is 2.18. The molecule has 0 aliphatic carbocycles. The smallest absolute Gasteiger partial charge is 0.00235 e. The zero-order valence-electron chi connectivity index (χ0n) is 12.1. The molecule has 1 fully saturated rings. The number of rotatable bonds is 0. The number of hydrogen-bond acceptors (Lipinski definition) is 2. The summed E-state index contributed by atoms with van der Waals surface area (Å²) in [5.74, 6) is 5.57. The summed E-state index contributed by atoms with van der Waals surface area (Å²) >= 11 is 4.35. The average molecular weight is 289 g/mol. The molecule has 2 heteroatoms. The fraction of sp³-hybridized carbons (Fsp3) is 1.00. The average Bonchev–Trinajstić information content (AvgIpc) is 2.39. The highest BCUT2D eigenvalue weighted by Gasteiger charge is 1.96. The second-order valence-electron chi connectivity index (χ2n) is 5.47. The normalized spacial score (nSPS) is 24.0. The molecule has 0 spiro atoms. The predicted molar refractivity (Wildman–Crippen MR) is 90.1 cm³/mol. The van der Waals surface area contributed by atoms with Crippen molar-refractivity contribution in [2.24, 2.45) is 0 Å². The lowest BCUT2D eigenvalue weighted by molar-refractivity contribution is 0.549. The quantitative estimate of drug-likeness (QED) is 0.524. The van der Waals surface area contributed by atoms with Crippen molar-refractivity contribution in [2.45, 2.75) is 77.0 Å². The van der Waals surface area contributed by atoms with Crippen LogP contribution >= 0.6 is 23.5 Å². The van der Waals surface area contributed by atoms with Crippen LogP contribution in [-0.2, 0) is 0 Å². The van der Waals surface area contributed by atoms with Crippen LogP contribution in [0.15, 0.2) is 0 Å². The van der Waals surface area contributed by atoms with Crippen LogP contribution in [0.4, 0.5) is 0 Å². The van der Waals surface area contributed by atoms with Crippen molar-refractivity contribution in [1.29, 1.82) is 0 Å². The maximum atomic E-state index is 2.18. The van der Waals surface area contributed by atoms with Crippen LogP contribution in [-0.4, -0.2) is 23.0 Å². The fourth-order valence-electron chi connectivity index (χ4n) is 2.50. The van der Waals surface area contributed by atoms with Gasteiger partial charge in [-0.05, 0) is 24.3 Å². The fourth-order valence-corrected chi connectivity index (χ4v) is 4.67. The van der Waals surface area contributed by atoms with E-state index in [1.807, 2.05) is 0 Å². The second kappa shape index (κ2) is 14.1. The minimum atomic E-state index is 1.38. The van der Waals surface area contributed by atoms with Gasteiger partial charge in [0.25, 0.3) is 0 Å². The van der Waals surface area contributed by atoms with Gasteiger partial charge in [0, 0.05) is 11.5 Å². The highest BCUT2D eigenvalue weighted by atomic mass is 32.2. The Balaban J connectivity index is 2.00. The van der Waals surface area contributed by atoms with Gasteiger partial charge in [-0.3, -0.25) is 0 Å². The first-order chi connectivity index (χ1) is 9.00. The molecule has 0 saturated carbocycles. The van der Waals surface area contributed by atoms with Crippen molar-refractivity contribution < 1.29 is 0 Å². The largest absolute Gasteiger partial charge is 0.161 e. The molecule has 1 rings (SSSR count). The van der Waals surface area contributed by atoms with Crippen molar-refractivity contribution in [3.05, 3.63) is 0 Å². The first kappa shape index (κ1) is 16.8. The number of hydrogen-bond donors (Lipinski definition) is 0. The van der Waals surface area contributed by atoms with Crippen LogP contribution < -0.4 is 0 Å². The molecule has 1 saturated heterocycles. The van der Waals surface area contributed by atoms with Gasteiger partial charge in [-0.2, -0.15) is 23.5 Å². The van der Waals surface area contributed by atoms with Gasteiger partial charge in [-0.15, -0.1) is 0 Å². The van der Waals surface area contributed by atoms with Crippen LogP contribution in [0.5, 0.6) is 0 Å². The molecule has 1 heterocycles. The Morgan fingerprint density at radius 1 is 0.278 bits per heavy atom. The third-order valence-electron chi connectivity index (χ3n) is 3.70. The molecule has 0 atom stereocenters. The topological polar surface area (TPSA) is 0 Å². The molecular weight excluding hydrogens is 256 g/mol. The van der Waals surface area contributed by atoms with Gasteiger partial charge in [0.05, 0.1) is 0 Å². The molecule has 0 bridgehead atoms. The minimum Gasteiger partial charge on any atom is -0.161 e. The Morgan fingerprint density at radius 3 is 0.889 bits per heavy atom. The van der Waals surface area contributed by atoms with Crippen molar-refractivity contribution in [3.63, 3.8) is 0 Å². The summed E-state index contributed by atoms with van der Waals surface area (Å²) in [4.78, 5) is 0. The van der Waals surface area contributed by atoms with Crippen molar-refractivity contribution in [1.82, 2.24) is 0 Å². The standard InChI is InChI=1S/C16H32S2/c1-2-4-6-8-10-12-14-18-16-15-17-13-11-9-7-5-3-1/h1-16H2. The molecule has 18 heavy (non-hydrogen) atoms. The van der Waals surface area contributed by atoms with Crippen LogP contribution in [0, 0.1) is 0 Å². The summed E-state index contributed by atoms with van der Waals surface area (Å²) in [6.07, 6.45) is 17.7. The SMILES string of the molecule is C1CCCCCCCSCCSCCCCCC1. The van der Waals surface area contributed by atoms with Crippen LogP contribution in [0.2, 0.25) is 0 Å². The Labute approximate surface area is 123 Å². The van der Waals surface area contributed by atoms with Crippen molar-refractivity contribution in [3.8, 4) is 0 Å². The third-order valence-corrected chi connectivity index (χ3v) is 6.10. The van der Waals surface area contributed by atoms with E-state index in [9.17, 15) is 0 Å². The van der Waals surface area contributed by atoms with E-state index in [0.29, 0.717) is 0 Å². The molecular formula is C16H32S2. The molecule has 0 amide bonds. The van der Waals surface area contributed by atoms with Gasteiger partial charge in [-0.1, -0.05) is 64.2 Å². The predicted octanol–water partition coefficient (Wildman–Crippen LogP) is 6.15.